The van der Waals surface area contributed by atoms with Crippen LogP contribution >= 0.6 is 23.4 Å². The summed E-state index contributed by atoms with van der Waals surface area (Å²) in [5.41, 5.74) is -1.93. The summed E-state index contributed by atoms with van der Waals surface area (Å²) in [5, 5.41) is 3.34. The zero-order valence-corrected chi connectivity index (χ0v) is 38.8. The number of rotatable bonds is 16. The Morgan fingerprint density at radius 3 is 2.25 bits per heavy atom. The van der Waals surface area contributed by atoms with Gasteiger partial charge in [-0.3, -0.25) is 14.6 Å². The predicted octanol–water partition coefficient (Wildman–Crippen LogP) is 8.83. The molecule has 1 aliphatic carbocycles. The minimum Gasteiger partial charge on any atom is -0.380 e. The molecule has 4 aromatic carbocycles. The first-order chi connectivity index (χ1) is 33.8. The first-order valence-corrected chi connectivity index (χ1v) is 25.2. The molecule has 11 nitrogen and oxygen atoms in total. The Morgan fingerprint density at radius 2 is 1.58 bits per heavy atom. The van der Waals surface area contributed by atoms with E-state index >= 15 is 0 Å². The first kappa shape index (κ1) is 38.9. The second kappa shape index (κ2) is 20.8. The second-order valence-electron chi connectivity index (χ2n) is 16.7. The van der Waals surface area contributed by atoms with Crippen LogP contribution in [-0.4, -0.2) is 115 Å². The Kier molecular flexibility index (Phi) is 12.5. The third-order valence-electron chi connectivity index (χ3n) is 11.4. The number of morpholine rings is 1. The van der Waals surface area contributed by atoms with Crippen LogP contribution in [-0.2, 0) is 24.6 Å². The number of nitrogens with one attached hydrogen (secondary N) is 2. The second-order valence-corrected chi connectivity index (χ2v) is 21.8. The number of amides is 1. The number of sulfone groups is 1. The third kappa shape index (κ3) is 12.7. The molecular weight excluding hydrogens is 919 g/mol. The van der Waals surface area contributed by atoms with Gasteiger partial charge in [-0.05, 0) is 109 Å². The van der Waals surface area contributed by atoms with Crippen molar-refractivity contribution in [3.63, 3.8) is 0 Å². The lowest BCUT2D eigenvalue weighted by atomic mass is 9.73. The van der Waals surface area contributed by atoms with Gasteiger partial charge in [-0.15, -0.1) is 11.8 Å². The number of hydrogen-bond donors (Lipinski definition) is 2. The zero-order valence-electron chi connectivity index (χ0n) is 43.6. The number of alkyl halides is 3. The van der Waals surface area contributed by atoms with Crippen LogP contribution in [0, 0.1) is 5.41 Å². The Morgan fingerprint density at radius 1 is 0.908 bits per heavy atom. The van der Waals surface area contributed by atoms with E-state index in [1.807, 2.05) is 16.9 Å². The molecule has 2 aliphatic heterocycles. The van der Waals surface area contributed by atoms with Crippen LogP contribution < -0.4 is 14.9 Å². The van der Waals surface area contributed by atoms with Gasteiger partial charge < -0.3 is 15.0 Å². The van der Waals surface area contributed by atoms with Crippen LogP contribution in [0.5, 0.6) is 0 Å². The van der Waals surface area contributed by atoms with Crippen molar-refractivity contribution in [3.05, 3.63) is 119 Å². The van der Waals surface area contributed by atoms with E-state index in [0.717, 1.165) is 68.5 Å². The largest absolute Gasteiger partial charge is 0.501 e. The van der Waals surface area contributed by atoms with Crippen LogP contribution in [0.25, 0.3) is 5.57 Å². The minimum absolute atomic E-state index is 0.108. The highest BCUT2D eigenvalue weighted by Gasteiger charge is 2.48. The van der Waals surface area contributed by atoms with Crippen LogP contribution in [0.3, 0.4) is 0 Å². The molecule has 2 fully saturated rings. The molecule has 18 heteroatoms. The fourth-order valence-corrected chi connectivity index (χ4v) is 11.1. The predicted molar refractivity (Wildman–Crippen MR) is 252 cm³/mol. The number of allylic oxidation sites excluding steroid dienone is 1. The van der Waals surface area contributed by atoms with Crippen molar-refractivity contribution in [2.24, 2.45) is 5.41 Å². The number of sulfonamides is 1. The number of nitrogens with zero attached hydrogens (tertiary/aromatic N) is 3. The molecule has 1 atom stereocenters. The maximum Gasteiger partial charge on any atom is 0.501 e. The van der Waals surface area contributed by atoms with E-state index in [0.29, 0.717) is 23.0 Å². The molecule has 0 saturated carbocycles. The third-order valence-corrected chi connectivity index (χ3v) is 15.7. The molecule has 2 heterocycles. The highest BCUT2D eigenvalue weighted by atomic mass is 35.5. The highest BCUT2D eigenvalue weighted by Crippen LogP contribution is 2.43. The fraction of sp³-hybridized carbons (Fsp3) is 0.426. The van der Waals surface area contributed by atoms with E-state index in [2.05, 4.69) is 45.8 Å². The lowest BCUT2D eigenvalue weighted by Crippen LogP contribution is -2.47. The molecule has 0 bridgehead atoms. The maximum absolute atomic E-state index is 14.3. The van der Waals surface area contributed by atoms with E-state index in [4.69, 9.17) is 22.6 Å². The number of thioether (sulfide) groups is 1. The lowest BCUT2D eigenvalue weighted by Gasteiger charge is -2.39. The van der Waals surface area contributed by atoms with Crippen LogP contribution in [0.4, 0.5) is 24.5 Å². The Hall–Kier alpha value is -4.10. The molecule has 0 aromatic heterocycles. The summed E-state index contributed by atoms with van der Waals surface area (Å²) in [6.45, 7) is -5.87. The molecule has 2 saturated heterocycles. The molecule has 0 unspecified atom stereocenters. The Bertz CT molecular complexity index is 2890. The van der Waals surface area contributed by atoms with Gasteiger partial charge in [0.2, 0.25) is 0 Å². The van der Waals surface area contributed by atoms with Gasteiger partial charge >= 0.3 is 5.51 Å². The normalized spacial score (nSPS) is 23.3. The van der Waals surface area contributed by atoms with Gasteiger partial charge in [-0.1, -0.05) is 61.4 Å². The van der Waals surface area contributed by atoms with Crippen molar-refractivity contribution in [1.29, 1.82) is 0 Å². The van der Waals surface area contributed by atoms with Crippen molar-refractivity contribution in [2.75, 3.05) is 81.3 Å². The molecule has 7 rings (SSSR count). The molecule has 3 aliphatic rings. The van der Waals surface area contributed by atoms with Gasteiger partial charge in [0.25, 0.3) is 25.8 Å². The summed E-state index contributed by atoms with van der Waals surface area (Å²) in [6, 6.07) is 23.1. The SMILES string of the molecule is [2H]C1([2H])OC([2H])([2H])C([2H])([2H])N(CC[C@@H](CSc2ccccc2)Nc2ccc(S(=O)(=O)NC(=O)c3ccc(N4CCN(CC5=C(c6ccc(Cl)cc6)CCC(C)(C)C5)CC4)cc3)cc2S(=O)(=O)C(F)(F)F)C1([2H])[2H]. The van der Waals surface area contributed by atoms with Gasteiger partial charge in [-0.25, -0.2) is 21.6 Å². The molecular formula is C47H55ClF3N5O6S3. The van der Waals surface area contributed by atoms with Crippen molar-refractivity contribution < 1.29 is 50.5 Å². The smallest absolute Gasteiger partial charge is 0.380 e. The monoisotopic (exact) mass is 981 g/mol. The number of benzene rings is 4. The number of carbonyl (C=O) groups is 1. The summed E-state index contributed by atoms with van der Waals surface area (Å²) < 4.78 is 169. The average Bonchev–Trinajstić information content (AvgIpc) is 3.30. The number of piperazine rings is 1. The maximum atomic E-state index is 14.3. The van der Waals surface area contributed by atoms with Gasteiger partial charge in [0.15, 0.2) is 0 Å². The van der Waals surface area contributed by atoms with Crippen molar-refractivity contribution in [1.82, 2.24) is 14.5 Å². The molecule has 65 heavy (non-hydrogen) atoms. The Balaban J connectivity index is 1.06. The quantitative estimate of drug-likeness (QED) is 0.105. The topological polar surface area (TPSA) is 128 Å². The van der Waals surface area contributed by atoms with Crippen LogP contribution in [0.1, 0.15) is 66.4 Å². The van der Waals surface area contributed by atoms with Crippen LogP contribution in [0.15, 0.2) is 117 Å². The highest BCUT2D eigenvalue weighted by molar-refractivity contribution is 7.99. The summed E-state index contributed by atoms with van der Waals surface area (Å²) in [5.74, 6) is -1.26. The minimum atomic E-state index is -6.34. The summed E-state index contributed by atoms with van der Waals surface area (Å²) in [4.78, 5) is 16.3. The molecule has 350 valence electrons. The van der Waals surface area contributed by atoms with E-state index in [9.17, 15) is 34.8 Å². The van der Waals surface area contributed by atoms with Crippen molar-refractivity contribution in [2.45, 2.75) is 65.8 Å². The van der Waals surface area contributed by atoms with E-state index < -0.39 is 91.9 Å². The van der Waals surface area contributed by atoms with Crippen LogP contribution in [0.2, 0.25) is 5.02 Å². The van der Waals surface area contributed by atoms with Gasteiger partial charge in [-0.2, -0.15) is 13.2 Å². The molecule has 0 radical (unpaired) electrons. The number of hydrogen-bond acceptors (Lipinski definition) is 11. The fourth-order valence-electron chi connectivity index (χ4n) is 7.93. The number of anilines is 2. The average molecular weight is 983 g/mol. The summed E-state index contributed by atoms with van der Waals surface area (Å²) in [6.07, 6.45) is 2.59. The van der Waals surface area contributed by atoms with E-state index in [1.165, 1.54) is 28.8 Å². The van der Waals surface area contributed by atoms with Gasteiger partial charge in [0.05, 0.1) is 29.2 Å². The number of ether oxygens (including phenoxy) is 1. The molecule has 2 N–H and O–H groups in total. The number of carbonyl (C=O) groups excluding carboxylic acids is 1. The standard InChI is InChI=1S/C47H55ClF3N5O6S3/c1-46(2)20-18-42(34-8-12-37(48)13-9-34)36(31-46)32-55-22-24-56(25-23-55)39-14-10-35(11-15-39)45(57)53-65(60,61)41-16-17-43(44(30-41)64(58,59)47(49,50)51)52-38(19-21-54-26-28-62-29-27-54)33-63-40-6-4-3-5-7-40/h3-17,30,38,52H,18-29,31-33H2,1-2H3,(H,53,57)/t38-/m0/s1/i26D2,27D2,28D2,29D2. The lowest BCUT2D eigenvalue weighted by molar-refractivity contribution is -0.0435. The van der Waals surface area contributed by atoms with E-state index in [-0.39, 0.29) is 27.7 Å². The van der Waals surface area contributed by atoms with Gasteiger partial charge in [0.1, 0.15) is 4.90 Å². The molecule has 4 aromatic rings. The molecule has 0 spiro atoms. The number of halogens is 4. The van der Waals surface area contributed by atoms with Crippen molar-refractivity contribution >= 4 is 66.1 Å². The summed E-state index contributed by atoms with van der Waals surface area (Å²) >= 11 is 7.29. The Labute approximate surface area is 400 Å². The molecule has 1 amide bonds. The van der Waals surface area contributed by atoms with Crippen molar-refractivity contribution in [3.8, 4) is 0 Å². The van der Waals surface area contributed by atoms with E-state index in [1.54, 1.807) is 42.5 Å². The van der Waals surface area contributed by atoms with Gasteiger partial charge in [0, 0.05) is 90.7 Å². The summed E-state index contributed by atoms with van der Waals surface area (Å²) in [7, 11) is -11.4. The zero-order chi connectivity index (χ0) is 53.6. The first-order valence-electron chi connectivity index (χ1n) is 24.8.